The van der Waals surface area contributed by atoms with Gasteiger partial charge in [-0.25, -0.2) is 0 Å². The average Bonchev–Trinajstić information content (AvgIpc) is 2.39. The monoisotopic (exact) mass is 281 g/mol. The second-order valence-corrected chi connectivity index (χ2v) is 6.28. The fourth-order valence-corrected chi connectivity index (χ4v) is 2.36. The molecule has 0 saturated heterocycles. The molecule has 0 heterocycles. The standard InChI is InChI=1S/C16H27NO3/c1-11(2)15(19)16(3,4)10-17-9-12-8-13(20-5)6-7-14(12)18/h6-8,11,15,17-19H,9-10H2,1-5H3. The van der Waals surface area contributed by atoms with Crippen molar-refractivity contribution in [2.45, 2.75) is 40.3 Å². The Kier molecular flexibility index (Phi) is 5.84. The molecule has 3 N–H and O–H groups in total. The van der Waals surface area contributed by atoms with E-state index in [4.69, 9.17) is 4.74 Å². The predicted octanol–water partition coefficient (Wildman–Crippen LogP) is 2.53. The second-order valence-electron chi connectivity index (χ2n) is 6.28. The molecule has 1 aromatic rings. The zero-order valence-corrected chi connectivity index (χ0v) is 13.1. The zero-order chi connectivity index (χ0) is 15.3. The molecule has 1 atom stereocenters. The van der Waals surface area contributed by atoms with Crippen LogP contribution in [-0.4, -0.2) is 30.0 Å². The molecule has 4 nitrogen and oxygen atoms in total. The Balaban J connectivity index is 2.60. The van der Waals surface area contributed by atoms with E-state index in [1.54, 1.807) is 19.2 Å². The summed E-state index contributed by atoms with van der Waals surface area (Å²) in [6.45, 7) is 9.31. The van der Waals surface area contributed by atoms with E-state index in [0.717, 1.165) is 11.3 Å². The number of ether oxygens (including phenoxy) is 1. The van der Waals surface area contributed by atoms with Crippen LogP contribution >= 0.6 is 0 Å². The van der Waals surface area contributed by atoms with Gasteiger partial charge in [-0.2, -0.15) is 0 Å². The van der Waals surface area contributed by atoms with E-state index in [1.807, 2.05) is 33.8 Å². The van der Waals surface area contributed by atoms with Gasteiger partial charge in [-0.05, 0) is 24.1 Å². The molecule has 20 heavy (non-hydrogen) atoms. The molecule has 0 amide bonds. The van der Waals surface area contributed by atoms with E-state index < -0.39 is 0 Å². The molecule has 0 fully saturated rings. The number of aromatic hydroxyl groups is 1. The predicted molar refractivity (Wildman–Crippen MR) is 81.0 cm³/mol. The Morgan fingerprint density at radius 1 is 1.30 bits per heavy atom. The van der Waals surface area contributed by atoms with Gasteiger partial charge in [0.15, 0.2) is 0 Å². The number of phenolic OH excluding ortho intramolecular Hbond substituents is 1. The number of nitrogens with one attached hydrogen (secondary N) is 1. The number of hydrogen-bond donors (Lipinski definition) is 3. The highest BCUT2D eigenvalue weighted by Crippen LogP contribution is 2.26. The van der Waals surface area contributed by atoms with Crippen LogP contribution in [-0.2, 0) is 6.54 Å². The highest BCUT2D eigenvalue weighted by atomic mass is 16.5. The van der Waals surface area contributed by atoms with Crippen LogP contribution in [0.2, 0.25) is 0 Å². The molecular formula is C16H27NO3. The Bertz CT molecular complexity index is 430. The quantitative estimate of drug-likeness (QED) is 0.719. The minimum Gasteiger partial charge on any atom is -0.508 e. The number of aliphatic hydroxyl groups is 1. The Morgan fingerprint density at radius 2 is 1.95 bits per heavy atom. The largest absolute Gasteiger partial charge is 0.508 e. The number of benzene rings is 1. The van der Waals surface area contributed by atoms with Gasteiger partial charge in [-0.15, -0.1) is 0 Å². The van der Waals surface area contributed by atoms with E-state index >= 15 is 0 Å². The highest BCUT2D eigenvalue weighted by Gasteiger charge is 2.29. The van der Waals surface area contributed by atoms with Gasteiger partial charge in [0.05, 0.1) is 13.2 Å². The molecule has 1 unspecified atom stereocenters. The van der Waals surface area contributed by atoms with Gasteiger partial charge in [-0.1, -0.05) is 27.7 Å². The van der Waals surface area contributed by atoms with Crippen LogP contribution < -0.4 is 10.1 Å². The molecule has 1 aromatic carbocycles. The molecule has 0 aliphatic carbocycles. The summed E-state index contributed by atoms with van der Waals surface area (Å²) in [5, 5.41) is 23.3. The molecule has 0 aromatic heterocycles. The van der Waals surface area contributed by atoms with Crippen molar-refractivity contribution in [2.24, 2.45) is 11.3 Å². The molecule has 114 valence electrons. The lowest BCUT2D eigenvalue weighted by Crippen LogP contribution is -2.41. The van der Waals surface area contributed by atoms with Crippen molar-refractivity contribution in [1.82, 2.24) is 5.32 Å². The summed E-state index contributed by atoms with van der Waals surface area (Å²) in [6, 6.07) is 5.17. The summed E-state index contributed by atoms with van der Waals surface area (Å²) < 4.78 is 5.15. The summed E-state index contributed by atoms with van der Waals surface area (Å²) in [6.07, 6.45) is -0.367. The van der Waals surface area contributed by atoms with Crippen LogP contribution in [0.3, 0.4) is 0 Å². The molecule has 0 bridgehead atoms. The van der Waals surface area contributed by atoms with Gasteiger partial charge in [0.2, 0.25) is 0 Å². The summed E-state index contributed by atoms with van der Waals surface area (Å²) in [4.78, 5) is 0. The van der Waals surface area contributed by atoms with Gasteiger partial charge >= 0.3 is 0 Å². The molecule has 0 aliphatic heterocycles. The molecule has 0 radical (unpaired) electrons. The Morgan fingerprint density at radius 3 is 2.50 bits per heavy atom. The van der Waals surface area contributed by atoms with E-state index in [9.17, 15) is 10.2 Å². The molecule has 1 rings (SSSR count). The SMILES string of the molecule is COc1ccc(O)c(CNCC(C)(C)C(O)C(C)C)c1. The van der Waals surface area contributed by atoms with Crippen LogP contribution in [0.5, 0.6) is 11.5 Å². The van der Waals surface area contributed by atoms with E-state index in [-0.39, 0.29) is 23.2 Å². The lowest BCUT2D eigenvalue weighted by Gasteiger charge is -2.33. The van der Waals surface area contributed by atoms with Crippen LogP contribution in [0.25, 0.3) is 0 Å². The lowest BCUT2D eigenvalue weighted by molar-refractivity contribution is 0.0134. The molecule has 0 saturated carbocycles. The lowest BCUT2D eigenvalue weighted by atomic mass is 9.80. The van der Waals surface area contributed by atoms with Crippen molar-refractivity contribution in [3.05, 3.63) is 23.8 Å². The van der Waals surface area contributed by atoms with Gasteiger partial charge in [0.1, 0.15) is 11.5 Å². The highest BCUT2D eigenvalue weighted by molar-refractivity contribution is 5.39. The van der Waals surface area contributed by atoms with Crippen molar-refractivity contribution in [3.8, 4) is 11.5 Å². The van der Waals surface area contributed by atoms with Crippen molar-refractivity contribution >= 4 is 0 Å². The van der Waals surface area contributed by atoms with Crippen LogP contribution in [0.1, 0.15) is 33.3 Å². The number of methoxy groups -OCH3 is 1. The first-order valence-electron chi connectivity index (χ1n) is 7.02. The summed E-state index contributed by atoms with van der Waals surface area (Å²) >= 11 is 0. The maximum atomic E-state index is 10.2. The van der Waals surface area contributed by atoms with E-state index in [1.165, 1.54) is 0 Å². The summed E-state index contributed by atoms with van der Waals surface area (Å²) in [5.74, 6) is 1.19. The third kappa shape index (κ3) is 4.39. The number of aliphatic hydroxyl groups excluding tert-OH is 1. The van der Waals surface area contributed by atoms with Crippen molar-refractivity contribution in [3.63, 3.8) is 0 Å². The smallest absolute Gasteiger partial charge is 0.120 e. The molecule has 0 spiro atoms. The first kappa shape index (κ1) is 16.8. The third-order valence-electron chi connectivity index (χ3n) is 3.61. The Labute approximate surface area is 121 Å². The third-order valence-corrected chi connectivity index (χ3v) is 3.61. The molecule has 4 heteroatoms. The maximum Gasteiger partial charge on any atom is 0.120 e. The number of hydrogen-bond acceptors (Lipinski definition) is 4. The maximum absolute atomic E-state index is 10.2. The summed E-state index contributed by atoms with van der Waals surface area (Å²) in [7, 11) is 1.60. The van der Waals surface area contributed by atoms with Gasteiger partial charge in [0, 0.05) is 24.1 Å². The first-order chi connectivity index (χ1) is 9.27. The van der Waals surface area contributed by atoms with Crippen molar-refractivity contribution in [1.29, 1.82) is 0 Å². The average molecular weight is 281 g/mol. The fourth-order valence-electron chi connectivity index (χ4n) is 2.36. The van der Waals surface area contributed by atoms with Gasteiger partial charge < -0.3 is 20.3 Å². The number of phenols is 1. The van der Waals surface area contributed by atoms with Crippen molar-refractivity contribution < 1.29 is 14.9 Å². The van der Waals surface area contributed by atoms with Crippen LogP contribution in [0, 0.1) is 11.3 Å². The van der Waals surface area contributed by atoms with E-state index in [2.05, 4.69) is 5.32 Å². The number of rotatable bonds is 7. The normalized spacial score (nSPS) is 13.6. The minimum absolute atomic E-state index is 0.219. The summed E-state index contributed by atoms with van der Waals surface area (Å²) in [5.41, 5.74) is 0.571. The van der Waals surface area contributed by atoms with Crippen LogP contribution in [0.4, 0.5) is 0 Å². The van der Waals surface area contributed by atoms with Gasteiger partial charge in [-0.3, -0.25) is 0 Å². The molecular weight excluding hydrogens is 254 g/mol. The minimum atomic E-state index is -0.367. The van der Waals surface area contributed by atoms with Gasteiger partial charge in [0.25, 0.3) is 0 Å². The zero-order valence-electron chi connectivity index (χ0n) is 13.1. The molecule has 0 aliphatic rings. The van der Waals surface area contributed by atoms with E-state index in [0.29, 0.717) is 13.1 Å². The van der Waals surface area contributed by atoms with Crippen molar-refractivity contribution in [2.75, 3.05) is 13.7 Å². The Hall–Kier alpha value is -1.26. The topological polar surface area (TPSA) is 61.7 Å². The fraction of sp³-hybridized carbons (Fsp3) is 0.625. The second kappa shape index (κ2) is 6.95. The first-order valence-corrected chi connectivity index (χ1v) is 7.02. The van der Waals surface area contributed by atoms with Crippen LogP contribution in [0.15, 0.2) is 18.2 Å².